The third kappa shape index (κ3) is 1.83. The maximum Gasteiger partial charge on any atom is 0.0724 e. The lowest BCUT2D eigenvalue weighted by Gasteiger charge is -2.58. The van der Waals surface area contributed by atoms with Gasteiger partial charge in [-0.15, -0.1) is 12.3 Å². The second-order valence-electron chi connectivity index (χ2n) is 8.97. The Balaban J connectivity index is 1.67. The van der Waals surface area contributed by atoms with Crippen LogP contribution in [0.2, 0.25) is 0 Å². The fourth-order valence-corrected chi connectivity index (χ4v) is 6.98. The van der Waals surface area contributed by atoms with Crippen LogP contribution in [-0.4, -0.2) is 11.2 Å². The van der Waals surface area contributed by atoms with Crippen molar-refractivity contribution in [3.05, 3.63) is 11.6 Å². The molecule has 0 heterocycles. The predicted octanol–water partition coefficient (Wildman–Crippen LogP) is 4.56. The van der Waals surface area contributed by atoms with Gasteiger partial charge in [-0.2, -0.15) is 0 Å². The van der Waals surface area contributed by atoms with E-state index in [4.69, 9.17) is 6.42 Å². The SMILES string of the molecule is C#C[C@H]1CCC2C3CCC4=CC(O)CC[C@]4(C)C3CC[C@@]21C. The zero-order valence-corrected chi connectivity index (χ0v) is 14.1. The predicted molar refractivity (Wildman–Crippen MR) is 90.0 cm³/mol. The highest BCUT2D eigenvalue weighted by Crippen LogP contribution is 2.66. The Morgan fingerprint density at radius 3 is 2.68 bits per heavy atom. The zero-order chi connectivity index (χ0) is 15.5. The molecule has 1 nitrogen and oxygen atoms in total. The summed E-state index contributed by atoms with van der Waals surface area (Å²) in [5.41, 5.74) is 2.34. The van der Waals surface area contributed by atoms with Gasteiger partial charge in [-0.1, -0.05) is 25.5 Å². The Labute approximate surface area is 135 Å². The molecule has 4 aliphatic rings. The molecule has 1 N–H and O–H groups in total. The van der Waals surface area contributed by atoms with Crippen molar-refractivity contribution >= 4 is 0 Å². The van der Waals surface area contributed by atoms with E-state index in [1.807, 2.05) is 0 Å². The number of rotatable bonds is 0. The lowest BCUT2D eigenvalue weighted by molar-refractivity contribution is -0.0486. The van der Waals surface area contributed by atoms with Gasteiger partial charge in [0.1, 0.15) is 0 Å². The lowest BCUT2D eigenvalue weighted by Crippen LogP contribution is -2.50. The lowest BCUT2D eigenvalue weighted by atomic mass is 9.47. The second kappa shape index (κ2) is 4.88. The highest BCUT2D eigenvalue weighted by Gasteiger charge is 2.58. The molecule has 0 bridgehead atoms. The molecular weight excluding hydrogens is 268 g/mol. The molecule has 0 aromatic carbocycles. The van der Waals surface area contributed by atoms with Crippen molar-refractivity contribution in [3.8, 4) is 12.3 Å². The maximum absolute atomic E-state index is 10.0. The topological polar surface area (TPSA) is 20.2 Å². The third-order valence-corrected chi connectivity index (χ3v) is 8.29. The van der Waals surface area contributed by atoms with Gasteiger partial charge in [0.15, 0.2) is 0 Å². The molecular formula is C21H30O. The van der Waals surface area contributed by atoms with E-state index < -0.39 is 0 Å². The van der Waals surface area contributed by atoms with Crippen LogP contribution >= 0.6 is 0 Å². The van der Waals surface area contributed by atoms with E-state index in [1.54, 1.807) is 5.57 Å². The van der Waals surface area contributed by atoms with Crippen LogP contribution in [0.25, 0.3) is 0 Å². The highest BCUT2D eigenvalue weighted by molar-refractivity contribution is 5.26. The summed E-state index contributed by atoms with van der Waals surface area (Å²) < 4.78 is 0. The molecule has 0 saturated heterocycles. The van der Waals surface area contributed by atoms with Crippen LogP contribution in [0.4, 0.5) is 0 Å². The van der Waals surface area contributed by atoms with Crippen LogP contribution in [0.5, 0.6) is 0 Å². The Bertz CT molecular complexity index is 541. The van der Waals surface area contributed by atoms with Gasteiger partial charge in [-0.25, -0.2) is 0 Å². The Hall–Kier alpha value is -0.740. The van der Waals surface area contributed by atoms with Gasteiger partial charge in [0.25, 0.3) is 0 Å². The highest BCUT2D eigenvalue weighted by atomic mass is 16.3. The molecule has 0 aliphatic heterocycles. The molecule has 7 atom stereocenters. The van der Waals surface area contributed by atoms with E-state index >= 15 is 0 Å². The summed E-state index contributed by atoms with van der Waals surface area (Å²) in [7, 11) is 0. The van der Waals surface area contributed by atoms with Gasteiger partial charge >= 0.3 is 0 Å². The summed E-state index contributed by atoms with van der Waals surface area (Å²) in [6.45, 7) is 4.99. The summed E-state index contributed by atoms with van der Waals surface area (Å²) in [6.07, 6.45) is 17.8. The van der Waals surface area contributed by atoms with Gasteiger partial charge in [0.2, 0.25) is 0 Å². The number of allylic oxidation sites excluding steroid dienone is 1. The minimum Gasteiger partial charge on any atom is -0.389 e. The summed E-state index contributed by atoms with van der Waals surface area (Å²) >= 11 is 0. The minimum absolute atomic E-state index is 0.189. The number of terminal acetylenes is 1. The monoisotopic (exact) mass is 298 g/mol. The molecule has 0 aromatic rings. The van der Waals surface area contributed by atoms with Crippen LogP contribution in [0.3, 0.4) is 0 Å². The van der Waals surface area contributed by atoms with Crippen molar-refractivity contribution in [3.63, 3.8) is 0 Å². The molecule has 0 radical (unpaired) electrons. The van der Waals surface area contributed by atoms with Crippen LogP contribution in [0.1, 0.15) is 65.2 Å². The first kappa shape index (κ1) is 14.8. The zero-order valence-electron chi connectivity index (χ0n) is 14.1. The molecule has 22 heavy (non-hydrogen) atoms. The Morgan fingerprint density at radius 2 is 1.91 bits per heavy atom. The van der Waals surface area contributed by atoms with Crippen molar-refractivity contribution in [2.45, 2.75) is 71.3 Å². The maximum atomic E-state index is 10.0. The van der Waals surface area contributed by atoms with Gasteiger partial charge in [-0.05, 0) is 80.0 Å². The third-order valence-electron chi connectivity index (χ3n) is 8.29. The van der Waals surface area contributed by atoms with Crippen molar-refractivity contribution in [2.24, 2.45) is 34.5 Å². The molecule has 3 saturated carbocycles. The van der Waals surface area contributed by atoms with Crippen molar-refractivity contribution in [1.29, 1.82) is 0 Å². The van der Waals surface area contributed by atoms with Gasteiger partial charge in [0.05, 0.1) is 6.10 Å². The van der Waals surface area contributed by atoms with Crippen molar-refractivity contribution < 1.29 is 5.11 Å². The van der Waals surface area contributed by atoms with E-state index in [1.165, 1.54) is 44.9 Å². The number of aliphatic hydroxyl groups excluding tert-OH is 1. The number of aliphatic hydroxyl groups is 1. The standard InChI is InChI=1S/C21H30O/c1-4-14-6-8-18-17-7-5-15-13-16(22)9-11-21(15,3)19(17)10-12-20(14,18)2/h1,13-14,16-19,22H,5-12H2,2-3H3/t14-,16?,17?,18?,19?,20+,21-/m0/s1. The average Bonchev–Trinajstić information content (AvgIpc) is 2.84. The summed E-state index contributed by atoms with van der Waals surface area (Å²) in [6, 6.07) is 0. The summed E-state index contributed by atoms with van der Waals surface area (Å²) in [5.74, 6) is 6.18. The second-order valence-corrected chi connectivity index (χ2v) is 8.97. The van der Waals surface area contributed by atoms with Gasteiger partial charge in [0, 0.05) is 5.92 Å². The van der Waals surface area contributed by atoms with Gasteiger partial charge in [-0.3, -0.25) is 0 Å². The fourth-order valence-electron chi connectivity index (χ4n) is 6.98. The Kier molecular flexibility index (Phi) is 3.29. The molecule has 4 unspecified atom stereocenters. The smallest absolute Gasteiger partial charge is 0.0724 e. The van der Waals surface area contributed by atoms with Crippen LogP contribution in [0, 0.1) is 46.8 Å². The normalized spacial score (nSPS) is 53.7. The van der Waals surface area contributed by atoms with Crippen molar-refractivity contribution in [2.75, 3.05) is 0 Å². The molecule has 4 aliphatic carbocycles. The summed E-state index contributed by atoms with van der Waals surface area (Å²) in [5, 5.41) is 10.0. The van der Waals surface area contributed by atoms with E-state index in [0.717, 1.165) is 24.2 Å². The first-order valence-corrected chi connectivity index (χ1v) is 9.34. The van der Waals surface area contributed by atoms with E-state index in [0.29, 0.717) is 16.7 Å². The molecule has 3 fully saturated rings. The van der Waals surface area contributed by atoms with Crippen molar-refractivity contribution in [1.82, 2.24) is 0 Å². The first-order valence-electron chi connectivity index (χ1n) is 9.34. The molecule has 0 aromatic heterocycles. The quantitative estimate of drug-likeness (QED) is 0.513. The number of hydrogen-bond acceptors (Lipinski definition) is 1. The minimum atomic E-state index is -0.189. The van der Waals surface area contributed by atoms with Crippen LogP contribution in [0.15, 0.2) is 11.6 Å². The molecule has 0 spiro atoms. The summed E-state index contributed by atoms with van der Waals surface area (Å²) in [4.78, 5) is 0. The average molecular weight is 298 g/mol. The number of fused-ring (bicyclic) bond motifs is 5. The molecule has 1 heteroatoms. The van der Waals surface area contributed by atoms with Gasteiger partial charge < -0.3 is 5.11 Å². The molecule has 120 valence electrons. The van der Waals surface area contributed by atoms with E-state index in [9.17, 15) is 5.11 Å². The first-order chi connectivity index (χ1) is 10.5. The van der Waals surface area contributed by atoms with E-state index in [-0.39, 0.29) is 6.10 Å². The van der Waals surface area contributed by atoms with E-state index in [2.05, 4.69) is 25.8 Å². The molecule has 4 rings (SSSR count). The fraction of sp³-hybridized carbons (Fsp3) is 0.810. The molecule has 0 amide bonds. The number of hydrogen-bond donors (Lipinski definition) is 1. The van der Waals surface area contributed by atoms with Crippen LogP contribution in [-0.2, 0) is 0 Å². The van der Waals surface area contributed by atoms with Crippen LogP contribution < -0.4 is 0 Å². The Morgan fingerprint density at radius 1 is 1.09 bits per heavy atom. The largest absolute Gasteiger partial charge is 0.389 e.